The van der Waals surface area contributed by atoms with E-state index in [2.05, 4.69) is 26.1 Å². The van der Waals surface area contributed by atoms with Crippen LogP contribution in [0.4, 0.5) is 11.4 Å². The van der Waals surface area contributed by atoms with Gasteiger partial charge in [-0.25, -0.2) is 0 Å². The van der Waals surface area contributed by atoms with E-state index in [4.69, 9.17) is 0 Å². The van der Waals surface area contributed by atoms with Gasteiger partial charge in [0.15, 0.2) is 0 Å². The number of benzene rings is 1. The molecule has 0 bridgehead atoms. The third-order valence-electron chi connectivity index (χ3n) is 3.32. The van der Waals surface area contributed by atoms with Crippen LogP contribution in [0.25, 0.3) is 0 Å². The van der Waals surface area contributed by atoms with E-state index in [0.29, 0.717) is 17.5 Å². The largest absolute Gasteiger partial charge is 0.382 e. The molecule has 0 aromatic heterocycles. The predicted molar refractivity (Wildman–Crippen MR) is 79.7 cm³/mol. The van der Waals surface area contributed by atoms with Crippen LogP contribution in [0.15, 0.2) is 12.1 Å². The maximum atomic E-state index is 11.0. The summed E-state index contributed by atoms with van der Waals surface area (Å²) < 4.78 is 0. The number of nitro benzene ring substituents is 1. The maximum absolute atomic E-state index is 11.0. The highest BCUT2D eigenvalue weighted by atomic mass is 16.6. The Labute approximate surface area is 115 Å². The van der Waals surface area contributed by atoms with Crippen molar-refractivity contribution in [3.8, 4) is 0 Å². The number of anilines is 1. The van der Waals surface area contributed by atoms with Gasteiger partial charge in [0.05, 0.1) is 4.92 Å². The number of aryl methyl sites for hydroxylation is 2. The summed E-state index contributed by atoms with van der Waals surface area (Å²) in [6.07, 6.45) is 2.22. The molecular weight excluding hydrogens is 240 g/mol. The van der Waals surface area contributed by atoms with Crippen LogP contribution >= 0.6 is 0 Å². The van der Waals surface area contributed by atoms with Gasteiger partial charge in [-0.2, -0.15) is 0 Å². The Balaban J connectivity index is 2.83. The molecule has 0 aliphatic heterocycles. The van der Waals surface area contributed by atoms with Crippen molar-refractivity contribution in [3.05, 3.63) is 33.4 Å². The molecule has 4 nitrogen and oxygen atoms in total. The second kappa shape index (κ2) is 6.55. The van der Waals surface area contributed by atoms with Crippen LogP contribution < -0.4 is 5.32 Å². The van der Waals surface area contributed by atoms with Crippen LogP contribution in [0.3, 0.4) is 0 Å². The fourth-order valence-corrected chi connectivity index (χ4v) is 2.11. The smallest absolute Gasteiger partial charge is 0.274 e. The van der Waals surface area contributed by atoms with Crippen LogP contribution in [0, 0.1) is 29.9 Å². The number of hydrogen-bond donors (Lipinski definition) is 1. The van der Waals surface area contributed by atoms with Gasteiger partial charge in [-0.05, 0) is 51.2 Å². The summed E-state index contributed by atoms with van der Waals surface area (Å²) in [6.45, 7) is 10.3. The molecule has 1 aromatic carbocycles. The lowest BCUT2D eigenvalue weighted by molar-refractivity contribution is -0.385. The van der Waals surface area contributed by atoms with E-state index in [1.807, 2.05) is 13.0 Å². The third kappa shape index (κ3) is 4.54. The number of nitrogens with one attached hydrogen (secondary N) is 1. The predicted octanol–water partition coefficient (Wildman–Crippen LogP) is 4.45. The van der Waals surface area contributed by atoms with E-state index < -0.39 is 0 Å². The number of nitro groups is 1. The third-order valence-corrected chi connectivity index (χ3v) is 3.32. The van der Waals surface area contributed by atoms with Gasteiger partial charge < -0.3 is 5.32 Å². The zero-order chi connectivity index (χ0) is 14.6. The van der Waals surface area contributed by atoms with Crippen LogP contribution in [0.5, 0.6) is 0 Å². The molecule has 1 aromatic rings. The quantitative estimate of drug-likeness (QED) is 0.610. The first-order valence-corrected chi connectivity index (χ1v) is 6.83. The average molecular weight is 264 g/mol. The molecule has 0 aliphatic rings. The highest BCUT2D eigenvalue weighted by Gasteiger charge is 2.14. The monoisotopic (exact) mass is 264 g/mol. The Morgan fingerprint density at radius 1 is 1.16 bits per heavy atom. The lowest BCUT2D eigenvalue weighted by Gasteiger charge is -2.18. The lowest BCUT2D eigenvalue weighted by Crippen LogP contribution is -2.16. The fraction of sp³-hybridized carbons (Fsp3) is 0.600. The molecule has 106 valence electrons. The van der Waals surface area contributed by atoms with E-state index in [-0.39, 0.29) is 10.6 Å². The van der Waals surface area contributed by atoms with Crippen molar-refractivity contribution in [1.29, 1.82) is 0 Å². The van der Waals surface area contributed by atoms with Crippen molar-refractivity contribution in [2.75, 3.05) is 5.32 Å². The molecule has 0 radical (unpaired) electrons. The molecule has 0 heterocycles. The van der Waals surface area contributed by atoms with Crippen molar-refractivity contribution in [3.63, 3.8) is 0 Å². The van der Waals surface area contributed by atoms with Crippen molar-refractivity contribution < 1.29 is 4.92 Å². The topological polar surface area (TPSA) is 55.2 Å². The normalized spacial score (nSPS) is 12.5. The van der Waals surface area contributed by atoms with E-state index in [1.165, 1.54) is 0 Å². The van der Waals surface area contributed by atoms with Crippen molar-refractivity contribution in [2.24, 2.45) is 5.92 Å². The SMILES string of the molecule is Cc1cc(C)c([N+](=O)[O-])cc1NC(C)CCC(C)C. The summed E-state index contributed by atoms with van der Waals surface area (Å²) in [5, 5.41) is 14.3. The van der Waals surface area contributed by atoms with Crippen molar-refractivity contribution in [1.82, 2.24) is 0 Å². The van der Waals surface area contributed by atoms with Gasteiger partial charge in [0.25, 0.3) is 5.69 Å². The van der Waals surface area contributed by atoms with E-state index in [0.717, 1.165) is 24.1 Å². The number of rotatable bonds is 6. The van der Waals surface area contributed by atoms with Gasteiger partial charge in [-0.1, -0.05) is 13.8 Å². The molecule has 1 unspecified atom stereocenters. The van der Waals surface area contributed by atoms with Gasteiger partial charge in [0.2, 0.25) is 0 Å². The molecule has 1 atom stereocenters. The van der Waals surface area contributed by atoms with Crippen molar-refractivity contribution in [2.45, 2.75) is 53.5 Å². The summed E-state index contributed by atoms with van der Waals surface area (Å²) in [5.41, 5.74) is 2.82. The molecule has 0 saturated carbocycles. The van der Waals surface area contributed by atoms with E-state index in [1.54, 1.807) is 13.0 Å². The Bertz CT molecular complexity index is 456. The summed E-state index contributed by atoms with van der Waals surface area (Å²) in [6, 6.07) is 3.84. The van der Waals surface area contributed by atoms with Gasteiger partial charge in [0.1, 0.15) is 0 Å². The molecular formula is C15H24N2O2. The van der Waals surface area contributed by atoms with E-state index in [9.17, 15) is 10.1 Å². The fourth-order valence-electron chi connectivity index (χ4n) is 2.11. The second-order valence-electron chi connectivity index (χ2n) is 5.73. The zero-order valence-corrected chi connectivity index (χ0v) is 12.5. The minimum atomic E-state index is -0.321. The van der Waals surface area contributed by atoms with Gasteiger partial charge in [-0.15, -0.1) is 0 Å². The zero-order valence-electron chi connectivity index (χ0n) is 12.5. The Morgan fingerprint density at radius 3 is 2.32 bits per heavy atom. The van der Waals surface area contributed by atoms with E-state index >= 15 is 0 Å². The Hall–Kier alpha value is -1.58. The molecule has 4 heteroatoms. The first-order chi connectivity index (χ1) is 8.81. The molecule has 0 fully saturated rings. The lowest BCUT2D eigenvalue weighted by atomic mass is 10.0. The summed E-state index contributed by atoms with van der Waals surface area (Å²) in [7, 11) is 0. The molecule has 19 heavy (non-hydrogen) atoms. The molecule has 0 spiro atoms. The minimum Gasteiger partial charge on any atom is -0.382 e. The highest BCUT2D eigenvalue weighted by Crippen LogP contribution is 2.27. The maximum Gasteiger partial charge on any atom is 0.274 e. The Kier molecular flexibility index (Phi) is 5.33. The van der Waals surface area contributed by atoms with Crippen LogP contribution in [-0.4, -0.2) is 11.0 Å². The minimum absolute atomic E-state index is 0.184. The van der Waals surface area contributed by atoms with Gasteiger partial charge >= 0.3 is 0 Å². The second-order valence-corrected chi connectivity index (χ2v) is 5.73. The van der Waals surface area contributed by atoms with Gasteiger partial charge in [0, 0.05) is 23.4 Å². The summed E-state index contributed by atoms with van der Waals surface area (Å²) >= 11 is 0. The van der Waals surface area contributed by atoms with Crippen molar-refractivity contribution >= 4 is 11.4 Å². The standard InChI is InChI=1S/C15H24N2O2/c1-10(2)6-7-13(5)16-14-9-15(17(18)19)12(4)8-11(14)3/h8-10,13,16H,6-7H2,1-5H3. The first kappa shape index (κ1) is 15.5. The highest BCUT2D eigenvalue weighted by molar-refractivity contribution is 5.60. The molecule has 1 rings (SSSR count). The molecule has 0 saturated heterocycles. The molecule has 1 N–H and O–H groups in total. The summed E-state index contributed by atoms with van der Waals surface area (Å²) in [4.78, 5) is 10.6. The first-order valence-electron chi connectivity index (χ1n) is 6.83. The van der Waals surface area contributed by atoms with Gasteiger partial charge in [-0.3, -0.25) is 10.1 Å². The molecule has 0 aliphatic carbocycles. The average Bonchev–Trinajstić information content (AvgIpc) is 2.29. The Morgan fingerprint density at radius 2 is 1.79 bits per heavy atom. The summed E-state index contributed by atoms with van der Waals surface area (Å²) in [5.74, 6) is 0.678. The number of hydrogen-bond acceptors (Lipinski definition) is 3. The van der Waals surface area contributed by atoms with Crippen LogP contribution in [0.2, 0.25) is 0 Å². The van der Waals surface area contributed by atoms with Crippen LogP contribution in [-0.2, 0) is 0 Å². The molecule has 0 amide bonds. The van der Waals surface area contributed by atoms with Crippen LogP contribution in [0.1, 0.15) is 44.7 Å². The number of nitrogens with zero attached hydrogens (tertiary/aromatic N) is 1.